The van der Waals surface area contributed by atoms with Crippen LogP contribution in [-0.4, -0.2) is 40.5 Å². The van der Waals surface area contributed by atoms with Crippen LogP contribution in [0.2, 0.25) is 0 Å². The molecule has 0 bridgehead atoms. The van der Waals surface area contributed by atoms with Crippen LogP contribution in [0.1, 0.15) is 38.3 Å². The van der Waals surface area contributed by atoms with E-state index in [0.717, 1.165) is 57.1 Å². The molecule has 0 aliphatic rings. The van der Waals surface area contributed by atoms with Crippen molar-refractivity contribution in [3.05, 3.63) is 71.9 Å². The Morgan fingerprint density at radius 1 is 1.12 bits per heavy atom. The van der Waals surface area contributed by atoms with Crippen molar-refractivity contribution in [1.82, 2.24) is 15.0 Å². The molecule has 0 atom stereocenters. The lowest BCUT2D eigenvalue weighted by molar-refractivity contribution is -0.107. The Balaban J connectivity index is 0.00000149. The molecule has 0 radical (unpaired) electrons. The van der Waals surface area contributed by atoms with Gasteiger partial charge in [-0.25, -0.2) is 4.98 Å². The Bertz CT molecular complexity index is 1240. The van der Waals surface area contributed by atoms with Gasteiger partial charge in [0.25, 0.3) is 0 Å². The predicted molar refractivity (Wildman–Crippen MR) is 138 cm³/mol. The number of carbonyl (C=O) groups is 1. The third-order valence-electron chi connectivity index (χ3n) is 5.31. The van der Waals surface area contributed by atoms with E-state index in [9.17, 15) is 4.79 Å². The molecule has 2 aromatic heterocycles. The molecular weight excluding hydrogens is 410 g/mol. The van der Waals surface area contributed by atoms with E-state index in [0.29, 0.717) is 13.0 Å². The van der Waals surface area contributed by atoms with E-state index in [-0.39, 0.29) is 0 Å². The van der Waals surface area contributed by atoms with Crippen molar-refractivity contribution in [2.24, 2.45) is 4.99 Å². The van der Waals surface area contributed by atoms with Crippen LogP contribution in [0, 0.1) is 6.92 Å². The zero-order valence-electron chi connectivity index (χ0n) is 20.0. The van der Waals surface area contributed by atoms with E-state index in [1.54, 1.807) is 6.20 Å². The van der Waals surface area contributed by atoms with Crippen LogP contribution in [0.4, 0.5) is 11.4 Å². The van der Waals surface area contributed by atoms with Crippen molar-refractivity contribution in [1.29, 1.82) is 0 Å². The number of aliphatic imine (C=N–C) groups is 1. The number of anilines is 1. The summed E-state index contributed by atoms with van der Waals surface area (Å²) in [6.07, 6.45) is 3.21. The van der Waals surface area contributed by atoms with Crippen molar-refractivity contribution in [2.45, 2.75) is 34.1 Å². The zero-order valence-corrected chi connectivity index (χ0v) is 20.0. The zero-order chi connectivity index (χ0) is 23.8. The molecule has 6 nitrogen and oxygen atoms in total. The number of nitrogens with zero attached hydrogens (tertiary/aromatic N) is 4. The van der Waals surface area contributed by atoms with Gasteiger partial charge in [-0.15, -0.1) is 0 Å². The molecule has 1 N–H and O–H groups in total. The van der Waals surface area contributed by atoms with E-state index >= 15 is 0 Å². The van der Waals surface area contributed by atoms with Gasteiger partial charge in [-0.3, -0.25) is 9.98 Å². The van der Waals surface area contributed by atoms with Crippen LogP contribution in [0.25, 0.3) is 22.6 Å². The molecule has 2 aromatic carbocycles. The number of pyridine rings is 1. The number of aldehydes is 1. The van der Waals surface area contributed by atoms with Crippen LogP contribution in [0.5, 0.6) is 0 Å². The van der Waals surface area contributed by atoms with Crippen LogP contribution in [0.3, 0.4) is 0 Å². The van der Waals surface area contributed by atoms with E-state index in [4.69, 9.17) is 4.99 Å². The lowest BCUT2D eigenvalue weighted by atomic mass is 10.1. The number of benzene rings is 2. The lowest BCUT2D eigenvalue weighted by Crippen LogP contribution is -2.18. The van der Waals surface area contributed by atoms with Crippen LogP contribution >= 0.6 is 0 Å². The van der Waals surface area contributed by atoms with Gasteiger partial charge in [0.05, 0.1) is 16.7 Å². The van der Waals surface area contributed by atoms with Crippen molar-refractivity contribution in [2.75, 3.05) is 18.5 Å². The second kappa shape index (κ2) is 11.2. The number of aryl methyl sites for hydroxylation is 1. The standard InChI is InChI=1S/C25H25N5O.C2H6/c1-17-8-10-20(30(3)13-6-14-31)16-23(17)27-18(2)19-9-11-21-24(15-19)29-25(28-21)22-7-4-5-12-26-22;1-2/h4-5,7-12,14-16H,6,13H2,1-3H3,(H,28,29);1-2H3. The molecule has 6 heteroatoms. The molecule has 0 saturated heterocycles. The average molecular weight is 442 g/mol. The lowest BCUT2D eigenvalue weighted by Gasteiger charge is -2.19. The molecule has 0 aliphatic carbocycles. The topological polar surface area (TPSA) is 74.2 Å². The molecule has 0 fully saturated rings. The van der Waals surface area contributed by atoms with Gasteiger partial charge in [0.1, 0.15) is 12.0 Å². The maximum atomic E-state index is 10.7. The number of H-pyrrole nitrogens is 1. The maximum absolute atomic E-state index is 10.7. The molecule has 4 rings (SSSR count). The summed E-state index contributed by atoms with van der Waals surface area (Å²) >= 11 is 0. The first-order valence-corrected chi connectivity index (χ1v) is 11.3. The second-order valence-corrected chi connectivity index (χ2v) is 7.58. The fraction of sp³-hybridized carbons (Fsp3) is 0.259. The first kappa shape index (κ1) is 23.9. The number of hydrogen-bond acceptors (Lipinski definition) is 5. The van der Waals surface area contributed by atoms with E-state index < -0.39 is 0 Å². The van der Waals surface area contributed by atoms with Gasteiger partial charge in [-0.1, -0.05) is 32.0 Å². The molecule has 170 valence electrons. The smallest absolute Gasteiger partial charge is 0.157 e. The van der Waals surface area contributed by atoms with Gasteiger partial charge in [-0.05, 0) is 61.4 Å². The Morgan fingerprint density at radius 3 is 2.67 bits per heavy atom. The highest BCUT2D eigenvalue weighted by molar-refractivity contribution is 6.02. The third kappa shape index (κ3) is 5.71. The fourth-order valence-electron chi connectivity index (χ4n) is 3.44. The number of imidazole rings is 1. The van der Waals surface area contributed by atoms with Crippen LogP contribution in [0.15, 0.2) is 65.8 Å². The minimum Gasteiger partial charge on any atom is -0.374 e. The normalized spacial score (nSPS) is 11.1. The van der Waals surface area contributed by atoms with Gasteiger partial charge in [0.2, 0.25) is 0 Å². The first-order chi connectivity index (χ1) is 16.0. The summed E-state index contributed by atoms with van der Waals surface area (Å²) in [6.45, 7) is 8.75. The van der Waals surface area contributed by atoms with Crippen molar-refractivity contribution in [3.63, 3.8) is 0 Å². The van der Waals surface area contributed by atoms with Gasteiger partial charge >= 0.3 is 0 Å². The summed E-state index contributed by atoms with van der Waals surface area (Å²) in [6, 6.07) is 18.1. The summed E-state index contributed by atoms with van der Waals surface area (Å²) < 4.78 is 0. The minimum atomic E-state index is 0.507. The maximum Gasteiger partial charge on any atom is 0.157 e. The Morgan fingerprint density at radius 2 is 1.94 bits per heavy atom. The molecule has 33 heavy (non-hydrogen) atoms. The SMILES string of the molecule is CC.CC(=Nc1cc(N(C)CCC=O)ccc1C)c1ccc2nc(-c3ccccn3)[nH]c2c1. The number of hydrogen-bond donors (Lipinski definition) is 1. The van der Waals surface area contributed by atoms with Crippen molar-refractivity contribution >= 4 is 34.4 Å². The van der Waals surface area contributed by atoms with E-state index in [1.165, 1.54) is 0 Å². The van der Waals surface area contributed by atoms with Crippen LogP contribution < -0.4 is 4.90 Å². The molecule has 0 spiro atoms. The highest BCUT2D eigenvalue weighted by Gasteiger charge is 2.09. The average Bonchev–Trinajstić information content (AvgIpc) is 3.29. The van der Waals surface area contributed by atoms with Crippen molar-refractivity contribution < 1.29 is 4.79 Å². The Kier molecular flexibility index (Phi) is 8.08. The Labute approximate surface area is 195 Å². The minimum absolute atomic E-state index is 0.507. The van der Waals surface area contributed by atoms with Gasteiger partial charge in [0.15, 0.2) is 5.82 Å². The number of aromatic amines is 1. The second-order valence-electron chi connectivity index (χ2n) is 7.58. The largest absolute Gasteiger partial charge is 0.374 e. The summed E-state index contributed by atoms with van der Waals surface area (Å²) in [5.41, 5.74) is 7.69. The molecule has 2 heterocycles. The molecule has 0 saturated carbocycles. The molecular formula is C27H31N5O. The molecule has 4 aromatic rings. The monoisotopic (exact) mass is 441 g/mol. The van der Waals surface area contributed by atoms with Crippen molar-refractivity contribution in [3.8, 4) is 11.5 Å². The van der Waals surface area contributed by atoms with Gasteiger partial charge in [-0.2, -0.15) is 0 Å². The number of carbonyl (C=O) groups excluding carboxylic acids is 1. The number of nitrogens with one attached hydrogen (secondary N) is 1. The fourth-order valence-corrected chi connectivity index (χ4v) is 3.44. The van der Waals surface area contributed by atoms with E-state index in [1.807, 2.05) is 58.2 Å². The molecule has 0 unspecified atom stereocenters. The Hall–Kier alpha value is -3.80. The summed E-state index contributed by atoms with van der Waals surface area (Å²) in [4.78, 5) is 30.0. The summed E-state index contributed by atoms with van der Waals surface area (Å²) in [5.74, 6) is 0.754. The predicted octanol–water partition coefficient (Wildman–Crippen LogP) is 6.13. The quantitative estimate of drug-likeness (QED) is 0.277. The summed E-state index contributed by atoms with van der Waals surface area (Å²) in [7, 11) is 1.99. The number of aromatic nitrogens is 3. The number of fused-ring (bicyclic) bond motifs is 1. The summed E-state index contributed by atoms with van der Waals surface area (Å²) in [5, 5.41) is 0. The van der Waals surface area contributed by atoms with Gasteiger partial charge < -0.3 is 14.7 Å². The molecule has 0 aliphatic heterocycles. The molecule has 0 amide bonds. The van der Waals surface area contributed by atoms with Crippen LogP contribution in [-0.2, 0) is 4.79 Å². The first-order valence-electron chi connectivity index (χ1n) is 11.3. The highest BCUT2D eigenvalue weighted by Crippen LogP contribution is 2.27. The van der Waals surface area contributed by atoms with Gasteiger partial charge in [0, 0.05) is 37.6 Å². The highest BCUT2D eigenvalue weighted by atomic mass is 16.1. The number of rotatable bonds is 7. The third-order valence-corrected chi connectivity index (χ3v) is 5.31. The van der Waals surface area contributed by atoms with E-state index in [2.05, 4.69) is 51.0 Å².